The van der Waals surface area contributed by atoms with Crippen LogP contribution >= 0.6 is 11.8 Å². The third-order valence-electron chi connectivity index (χ3n) is 5.29. The van der Waals surface area contributed by atoms with Gasteiger partial charge in [-0.25, -0.2) is 14.2 Å². The molecule has 1 aromatic heterocycles. The highest BCUT2D eigenvalue weighted by Crippen LogP contribution is 2.25. The van der Waals surface area contributed by atoms with E-state index >= 15 is 0 Å². The van der Waals surface area contributed by atoms with Crippen LogP contribution in [-0.2, 0) is 4.74 Å². The zero-order valence-electron chi connectivity index (χ0n) is 18.4. The first-order chi connectivity index (χ1) is 14.7. The molecule has 2 fully saturated rings. The van der Waals surface area contributed by atoms with Gasteiger partial charge in [0.15, 0.2) is 0 Å². The van der Waals surface area contributed by atoms with Crippen LogP contribution in [0.25, 0.3) is 0 Å². The van der Waals surface area contributed by atoms with E-state index in [9.17, 15) is 14.0 Å². The highest BCUT2D eigenvalue weighted by molar-refractivity contribution is 7.99. The van der Waals surface area contributed by atoms with Gasteiger partial charge < -0.3 is 20.1 Å². The Morgan fingerprint density at radius 2 is 1.68 bits per heavy atom. The zero-order valence-corrected chi connectivity index (χ0v) is 19.2. The van der Waals surface area contributed by atoms with Gasteiger partial charge in [-0.2, -0.15) is 11.8 Å². The van der Waals surface area contributed by atoms with Crippen molar-refractivity contribution < 1.29 is 23.5 Å². The van der Waals surface area contributed by atoms with E-state index in [1.54, 1.807) is 0 Å². The number of pyridine rings is 1. The third-order valence-corrected chi connectivity index (χ3v) is 6.34. The number of thioether (sulfide) groups is 1. The molecule has 172 valence electrons. The van der Waals surface area contributed by atoms with Gasteiger partial charge in [-0.15, -0.1) is 0 Å². The largest absolute Gasteiger partial charge is 0.474 e. The maximum Gasteiger partial charge on any atom is 0.407 e. The second-order valence-electron chi connectivity index (χ2n) is 9.10. The number of alkyl carbamates (subject to hydrolysis) is 1. The summed E-state index contributed by atoms with van der Waals surface area (Å²) >= 11 is 1.88. The average Bonchev–Trinajstić information content (AvgIpc) is 2.70. The predicted octanol–water partition coefficient (Wildman–Crippen LogP) is 4.06. The van der Waals surface area contributed by atoms with Gasteiger partial charge in [-0.3, -0.25) is 4.79 Å². The molecular formula is C22H32FN3O4S. The van der Waals surface area contributed by atoms with Crippen molar-refractivity contribution in [2.24, 2.45) is 0 Å². The Morgan fingerprint density at radius 3 is 2.29 bits per heavy atom. The highest BCUT2D eigenvalue weighted by Gasteiger charge is 2.27. The third kappa shape index (κ3) is 7.55. The van der Waals surface area contributed by atoms with Crippen molar-refractivity contribution >= 4 is 23.8 Å². The summed E-state index contributed by atoms with van der Waals surface area (Å²) in [5.74, 6) is 1.26. The Hall–Kier alpha value is -2.03. The van der Waals surface area contributed by atoms with Gasteiger partial charge in [0.25, 0.3) is 5.91 Å². The van der Waals surface area contributed by atoms with Gasteiger partial charge in [0.05, 0.1) is 6.20 Å². The molecule has 0 atom stereocenters. The van der Waals surface area contributed by atoms with Crippen molar-refractivity contribution in [3.05, 3.63) is 23.6 Å². The SMILES string of the molecule is CC(C)(C)OC(=O)N[C@H]1CC[C@@H](NC(=O)c2cc(F)cnc2OC2CCSCC2)CC1. The number of nitrogens with one attached hydrogen (secondary N) is 2. The summed E-state index contributed by atoms with van der Waals surface area (Å²) in [4.78, 5) is 28.8. The van der Waals surface area contributed by atoms with E-state index in [0.29, 0.717) is 12.8 Å². The molecule has 3 rings (SSSR count). The van der Waals surface area contributed by atoms with Crippen LogP contribution in [0.5, 0.6) is 5.88 Å². The fourth-order valence-corrected chi connectivity index (χ4v) is 4.82. The van der Waals surface area contributed by atoms with E-state index in [1.807, 2.05) is 32.5 Å². The molecule has 1 saturated carbocycles. The van der Waals surface area contributed by atoms with Gasteiger partial charge in [-0.1, -0.05) is 0 Å². The van der Waals surface area contributed by atoms with Crippen molar-refractivity contribution in [1.29, 1.82) is 0 Å². The van der Waals surface area contributed by atoms with Crippen LogP contribution in [0.2, 0.25) is 0 Å². The van der Waals surface area contributed by atoms with Gasteiger partial charge in [-0.05, 0) is 76.9 Å². The van der Waals surface area contributed by atoms with Crippen LogP contribution in [0.1, 0.15) is 69.7 Å². The smallest absolute Gasteiger partial charge is 0.407 e. The summed E-state index contributed by atoms with van der Waals surface area (Å²) in [6.07, 6.45) is 5.32. The molecule has 1 aromatic rings. The van der Waals surface area contributed by atoms with Crippen LogP contribution in [0.4, 0.5) is 9.18 Å². The van der Waals surface area contributed by atoms with E-state index < -0.39 is 17.5 Å². The number of aromatic nitrogens is 1. The Labute approximate surface area is 187 Å². The van der Waals surface area contributed by atoms with Crippen LogP contribution < -0.4 is 15.4 Å². The van der Waals surface area contributed by atoms with E-state index in [1.165, 1.54) is 6.07 Å². The number of carbonyl (C=O) groups excluding carboxylic acids is 2. The lowest BCUT2D eigenvalue weighted by molar-refractivity contribution is 0.0487. The number of rotatable bonds is 5. The first kappa shape index (κ1) is 23.6. The topological polar surface area (TPSA) is 89.6 Å². The van der Waals surface area contributed by atoms with Crippen LogP contribution in [0, 0.1) is 5.82 Å². The first-order valence-corrected chi connectivity index (χ1v) is 12.1. The number of halogens is 1. The molecule has 1 aliphatic heterocycles. The number of hydrogen-bond acceptors (Lipinski definition) is 6. The molecule has 2 N–H and O–H groups in total. The molecule has 2 aliphatic rings. The van der Waals surface area contributed by atoms with Crippen molar-refractivity contribution in [1.82, 2.24) is 15.6 Å². The van der Waals surface area contributed by atoms with Crippen molar-refractivity contribution in [2.75, 3.05) is 11.5 Å². The second kappa shape index (κ2) is 10.5. The number of ether oxygens (including phenoxy) is 2. The van der Waals surface area contributed by atoms with Gasteiger partial charge in [0.2, 0.25) is 5.88 Å². The molecule has 0 unspecified atom stereocenters. The number of nitrogens with zero attached hydrogens (tertiary/aromatic N) is 1. The normalized spacial score (nSPS) is 22.5. The zero-order chi connectivity index (χ0) is 22.4. The van der Waals surface area contributed by atoms with Crippen LogP contribution in [0.3, 0.4) is 0 Å². The Bertz CT molecular complexity index is 773. The summed E-state index contributed by atoms with van der Waals surface area (Å²) in [6.45, 7) is 5.47. The standard InChI is InChI=1S/C22H32FN3O4S/c1-22(2,3)30-21(28)26-16-6-4-15(5-7-16)25-19(27)18-12-14(23)13-24-20(18)29-17-8-10-31-11-9-17/h12-13,15-17H,4-11H2,1-3H3,(H,25,27)(H,26,28)/t15-,16+. The first-order valence-electron chi connectivity index (χ1n) is 10.9. The van der Waals surface area contributed by atoms with Gasteiger partial charge in [0, 0.05) is 12.1 Å². The van der Waals surface area contributed by atoms with Gasteiger partial charge >= 0.3 is 6.09 Å². The van der Waals surface area contributed by atoms with Gasteiger partial charge in [0.1, 0.15) is 23.1 Å². The summed E-state index contributed by atoms with van der Waals surface area (Å²) in [7, 11) is 0. The maximum absolute atomic E-state index is 13.8. The predicted molar refractivity (Wildman–Crippen MR) is 118 cm³/mol. The molecule has 2 heterocycles. The molecular weight excluding hydrogens is 421 g/mol. The summed E-state index contributed by atoms with van der Waals surface area (Å²) in [6, 6.07) is 1.15. The number of hydrogen-bond donors (Lipinski definition) is 2. The Kier molecular flexibility index (Phi) is 8.02. The second-order valence-corrected chi connectivity index (χ2v) is 10.3. The fraction of sp³-hybridized carbons (Fsp3) is 0.682. The minimum atomic E-state index is -0.568. The van der Waals surface area contributed by atoms with Crippen LogP contribution in [0.15, 0.2) is 12.3 Å². The molecule has 0 bridgehead atoms. The lowest BCUT2D eigenvalue weighted by Gasteiger charge is -2.30. The minimum Gasteiger partial charge on any atom is -0.474 e. The van der Waals surface area contributed by atoms with E-state index in [-0.39, 0.29) is 35.5 Å². The molecule has 1 aliphatic carbocycles. The maximum atomic E-state index is 13.8. The molecule has 0 spiro atoms. The molecule has 0 aromatic carbocycles. The molecule has 2 amide bonds. The lowest BCUT2D eigenvalue weighted by atomic mass is 9.91. The van der Waals surface area contributed by atoms with Crippen molar-refractivity contribution in [2.45, 2.75) is 83.1 Å². The Morgan fingerprint density at radius 1 is 1.06 bits per heavy atom. The summed E-state index contributed by atoms with van der Waals surface area (Å²) in [5, 5.41) is 5.87. The molecule has 9 heteroatoms. The number of amides is 2. The van der Waals surface area contributed by atoms with Crippen molar-refractivity contribution in [3.63, 3.8) is 0 Å². The molecule has 0 radical (unpaired) electrons. The minimum absolute atomic E-state index is 0.000119. The fourth-order valence-electron chi connectivity index (χ4n) is 3.75. The quantitative estimate of drug-likeness (QED) is 0.699. The summed E-state index contributed by atoms with van der Waals surface area (Å²) < 4.78 is 25.0. The van der Waals surface area contributed by atoms with Crippen molar-refractivity contribution in [3.8, 4) is 5.88 Å². The van der Waals surface area contributed by atoms with E-state index in [4.69, 9.17) is 9.47 Å². The highest BCUT2D eigenvalue weighted by atomic mass is 32.2. The van der Waals surface area contributed by atoms with E-state index in [2.05, 4.69) is 15.6 Å². The Balaban J connectivity index is 1.52. The lowest BCUT2D eigenvalue weighted by Crippen LogP contribution is -2.45. The van der Waals surface area contributed by atoms with Crippen LogP contribution in [-0.4, -0.2) is 52.3 Å². The molecule has 31 heavy (non-hydrogen) atoms. The average molecular weight is 454 g/mol. The summed E-state index contributed by atoms with van der Waals surface area (Å²) in [5.41, 5.74) is -0.406. The van der Waals surface area contributed by atoms with E-state index in [0.717, 1.165) is 43.4 Å². The number of carbonyl (C=O) groups is 2. The molecule has 7 nitrogen and oxygen atoms in total. The monoisotopic (exact) mass is 453 g/mol. The molecule has 1 saturated heterocycles.